The third-order valence-corrected chi connectivity index (χ3v) is 8.83. The summed E-state index contributed by atoms with van der Waals surface area (Å²) < 4.78 is 11.8. The van der Waals surface area contributed by atoms with Gasteiger partial charge in [0.15, 0.2) is 0 Å². The molecule has 4 heteroatoms. The second kappa shape index (κ2) is 5.82. The predicted octanol–water partition coefficient (Wildman–Crippen LogP) is 3.19. The average molecular weight is 259 g/mol. The Balaban J connectivity index is 2.86. The van der Waals surface area contributed by atoms with Gasteiger partial charge in [0.1, 0.15) is 0 Å². The quantitative estimate of drug-likeness (QED) is 0.743. The van der Waals surface area contributed by atoms with E-state index in [0.717, 1.165) is 0 Å². The van der Waals surface area contributed by atoms with Crippen LogP contribution in [0.15, 0.2) is 0 Å². The Morgan fingerprint density at radius 3 is 1.94 bits per heavy atom. The Kier molecular flexibility index (Phi) is 5.19. The van der Waals surface area contributed by atoms with Crippen LogP contribution in [0.25, 0.3) is 0 Å². The molecule has 1 aliphatic rings. The summed E-state index contributed by atoms with van der Waals surface area (Å²) in [6, 6.07) is 0.583. The largest absolute Gasteiger partial charge is 0.430 e. The summed E-state index contributed by atoms with van der Waals surface area (Å²) in [5.74, 6) is 0.531. The zero-order chi connectivity index (χ0) is 13.1. The molecule has 0 saturated heterocycles. The normalized spacial score (nSPS) is 19.2. The van der Waals surface area contributed by atoms with E-state index in [1.807, 2.05) is 0 Å². The van der Waals surface area contributed by atoms with E-state index in [2.05, 4.69) is 32.7 Å². The first-order chi connectivity index (χ1) is 7.89. The zero-order valence-electron chi connectivity index (χ0n) is 12.3. The highest BCUT2D eigenvalue weighted by molar-refractivity contribution is 6.68. The topological polar surface area (TPSA) is 30.5 Å². The Labute approximate surface area is 108 Å². The van der Waals surface area contributed by atoms with Crippen molar-refractivity contribution >= 4 is 8.72 Å². The fourth-order valence-corrected chi connectivity index (χ4v) is 6.04. The van der Waals surface area contributed by atoms with Crippen LogP contribution in [0.4, 0.5) is 0 Å². The average Bonchev–Trinajstić information content (AvgIpc) is 2.78. The van der Waals surface area contributed by atoms with E-state index in [1.165, 1.54) is 25.7 Å². The van der Waals surface area contributed by atoms with Crippen LogP contribution in [0.1, 0.15) is 53.4 Å². The van der Waals surface area contributed by atoms with Crippen LogP contribution < -0.4 is 4.98 Å². The van der Waals surface area contributed by atoms with E-state index in [1.54, 1.807) is 14.2 Å². The van der Waals surface area contributed by atoms with Gasteiger partial charge in [0.05, 0.1) is 0 Å². The van der Waals surface area contributed by atoms with Crippen molar-refractivity contribution in [3.05, 3.63) is 0 Å². The molecule has 0 amide bonds. The smallest absolute Gasteiger partial charge is 0.386 e. The molecule has 0 spiro atoms. The van der Waals surface area contributed by atoms with Gasteiger partial charge in [-0.05, 0) is 18.8 Å². The van der Waals surface area contributed by atoms with Crippen molar-refractivity contribution < 1.29 is 8.85 Å². The number of rotatable bonds is 6. The van der Waals surface area contributed by atoms with Gasteiger partial charge in [0, 0.05) is 25.3 Å². The summed E-state index contributed by atoms with van der Waals surface area (Å²) in [5, 5.41) is 0.0547. The first-order valence-corrected chi connectivity index (χ1v) is 8.59. The lowest BCUT2D eigenvalue weighted by Gasteiger charge is -2.45. The van der Waals surface area contributed by atoms with Crippen molar-refractivity contribution in [3.8, 4) is 0 Å². The maximum Gasteiger partial charge on any atom is 0.430 e. The SMILES string of the molecule is CO[Si](NC1CCCC1)(OC)C(C)(C)C(C)C. The monoisotopic (exact) mass is 259 g/mol. The minimum Gasteiger partial charge on any atom is -0.386 e. The second-order valence-electron chi connectivity index (χ2n) is 6.03. The lowest BCUT2D eigenvalue weighted by atomic mass is 9.99. The molecule has 102 valence electrons. The van der Waals surface area contributed by atoms with Crippen LogP contribution >= 0.6 is 0 Å². The summed E-state index contributed by atoms with van der Waals surface area (Å²) >= 11 is 0. The van der Waals surface area contributed by atoms with Crippen molar-refractivity contribution in [3.63, 3.8) is 0 Å². The van der Waals surface area contributed by atoms with Gasteiger partial charge in [-0.1, -0.05) is 40.5 Å². The third kappa shape index (κ3) is 2.92. The molecular weight excluding hydrogens is 230 g/mol. The number of nitrogens with one attached hydrogen (secondary N) is 1. The molecule has 0 aromatic heterocycles. The van der Waals surface area contributed by atoms with Gasteiger partial charge in [0.25, 0.3) is 0 Å². The molecule has 0 aromatic rings. The number of hydrogen-bond donors (Lipinski definition) is 1. The van der Waals surface area contributed by atoms with Gasteiger partial charge in [0.2, 0.25) is 0 Å². The predicted molar refractivity (Wildman–Crippen MR) is 74.0 cm³/mol. The summed E-state index contributed by atoms with van der Waals surface area (Å²) in [6.45, 7) is 9.02. The third-order valence-electron chi connectivity index (χ3n) is 4.62. The van der Waals surface area contributed by atoms with Crippen LogP contribution in [0.5, 0.6) is 0 Å². The molecule has 1 N–H and O–H groups in total. The summed E-state index contributed by atoms with van der Waals surface area (Å²) in [5.41, 5.74) is 0. The highest BCUT2D eigenvalue weighted by atomic mass is 28.4. The first-order valence-electron chi connectivity index (χ1n) is 6.77. The Morgan fingerprint density at radius 1 is 1.12 bits per heavy atom. The maximum absolute atomic E-state index is 5.88. The van der Waals surface area contributed by atoms with Crippen LogP contribution in [0.3, 0.4) is 0 Å². The number of hydrogen-bond acceptors (Lipinski definition) is 3. The highest BCUT2D eigenvalue weighted by Crippen LogP contribution is 2.44. The molecule has 1 saturated carbocycles. The van der Waals surface area contributed by atoms with Crippen LogP contribution in [-0.4, -0.2) is 29.0 Å². The van der Waals surface area contributed by atoms with Crippen LogP contribution in [0.2, 0.25) is 5.04 Å². The van der Waals surface area contributed by atoms with Crippen molar-refractivity contribution in [1.29, 1.82) is 0 Å². The van der Waals surface area contributed by atoms with Crippen LogP contribution in [0, 0.1) is 5.92 Å². The molecule has 0 aromatic carbocycles. The van der Waals surface area contributed by atoms with Crippen LogP contribution in [-0.2, 0) is 8.85 Å². The Hall–Kier alpha value is 0.0969. The lowest BCUT2D eigenvalue weighted by Crippen LogP contribution is -2.65. The van der Waals surface area contributed by atoms with Gasteiger partial charge in [-0.15, -0.1) is 0 Å². The van der Waals surface area contributed by atoms with Gasteiger partial charge < -0.3 is 8.85 Å². The fourth-order valence-electron chi connectivity index (χ4n) is 2.63. The molecule has 0 atom stereocenters. The van der Waals surface area contributed by atoms with Crippen molar-refractivity contribution in [1.82, 2.24) is 4.98 Å². The maximum atomic E-state index is 5.88. The fraction of sp³-hybridized carbons (Fsp3) is 1.00. The van der Waals surface area contributed by atoms with Gasteiger partial charge in [-0.2, -0.15) is 0 Å². The Bertz CT molecular complexity index is 234. The van der Waals surface area contributed by atoms with E-state index in [4.69, 9.17) is 8.85 Å². The molecule has 3 nitrogen and oxygen atoms in total. The lowest BCUT2D eigenvalue weighted by molar-refractivity contribution is 0.172. The minimum atomic E-state index is -2.35. The summed E-state index contributed by atoms with van der Waals surface area (Å²) in [7, 11) is 1.24. The van der Waals surface area contributed by atoms with E-state index in [0.29, 0.717) is 12.0 Å². The summed E-state index contributed by atoms with van der Waals surface area (Å²) in [4.78, 5) is 3.74. The van der Waals surface area contributed by atoms with Gasteiger partial charge >= 0.3 is 8.72 Å². The van der Waals surface area contributed by atoms with E-state index < -0.39 is 8.72 Å². The van der Waals surface area contributed by atoms with Crippen molar-refractivity contribution in [2.45, 2.75) is 64.5 Å². The van der Waals surface area contributed by atoms with Crippen molar-refractivity contribution in [2.24, 2.45) is 5.92 Å². The zero-order valence-corrected chi connectivity index (χ0v) is 13.3. The van der Waals surface area contributed by atoms with E-state index in [-0.39, 0.29) is 5.04 Å². The molecular formula is C13H29NO2Si. The molecule has 0 heterocycles. The van der Waals surface area contributed by atoms with E-state index in [9.17, 15) is 0 Å². The molecule has 0 radical (unpaired) electrons. The molecule has 1 fully saturated rings. The molecule has 0 aliphatic heterocycles. The molecule has 1 rings (SSSR count). The summed E-state index contributed by atoms with van der Waals surface area (Å²) in [6.07, 6.45) is 5.18. The Morgan fingerprint density at radius 2 is 1.59 bits per heavy atom. The molecule has 0 unspecified atom stereocenters. The molecule has 0 bridgehead atoms. The van der Waals surface area contributed by atoms with E-state index >= 15 is 0 Å². The minimum absolute atomic E-state index is 0.0547. The molecule has 1 aliphatic carbocycles. The molecule has 17 heavy (non-hydrogen) atoms. The standard InChI is InChI=1S/C13H29NO2Si/c1-11(2)13(3,4)17(15-5,16-6)14-12-9-7-8-10-12/h11-12,14H,7-10H2,1-6H3. The van der Waals surface area contributed by atoms with Crippen molar-refractivity contribution in [2.75, 3.05) is 14.2 Å². The second-order valence-corrected chi connectivity index (χ2v) is 9.65. The first kappa shape index (κ1) is 15.2. The van der Waals surface area contributed by atoms with Gasteiger partial charge in [-0.25, -0.2) is 0 Å². The van der Waals surface area contributed by atoms with Gasteiger partial charge in [-0.3, -0.25) is 4.98 Å². The highest BCUT2D eigenvalue weighted by Gasteiger charge is 2.54.